The molecular formula is C19H38IN3O2. The predicted molar refractivity (Wildman–Crippen MR) is 115 cm³/mol. The molecule has 0 aromatic heterocycles. The first-order chi connectivity index (χ1) is 11.6. The number of aliphatic imine (C=N–C) groups is 1. The van der Waals surface area contributed by atoms with E-state index in [9.17, 15) is 0 Å². The minimum absolute atomic E-state index is 0. The van der Waals surface area contributed by atoms with E-state index in [0.29, 0.717) is 17.6 Å². The van der Waals surface area contributed by atoms with E-state index in [4.69, 9.17) is 9.47 Å². The van der Waals surface area contributed by atoms with Crippen LogP contribution in [0.1, 0.15) is 59.3 Å². The summed E-state index contributed by atoms with van der Waals surface area (Å²) in [5.41, 5.74) is 0.661. The lowest BCUT2D eigenvalue weighted by Crippen LogP contribution is -2.65. The topological polar surface area (TPSA) is 54.9 Å². The first-order valence-electron chi connectivity index (χ1n) is 9.67. The second-order valence-corrected chi connectivity index (χ2v) is 7.49. The summed E-state index contributed by atoms with van der Waals surface area (Å²) in [6.07, 6.45) is 7.46. The highest BCUT2D eigenvalue weighted by Gasteiger charge is 2.53. The molecule has 2 fully saturated rings. The van der Waals surface area contributed by atoms with Crippen molar-refractivity contribution in [3.05, 3.63) is 0 Å². The Morgan fingerprint density at radius 1 is 1.20 bits per heavy atom. The maximum atomic E-state index is 5.98. The Labute approximate surface area is 171 Å². The van der Waals surface area contributed by atoms with Crippen LogP contribution in [0.15, 0.2) is 4.99 Å². The van der Waals surface area contributed by atoms with Gasteiger partial charge in [-0.2, -0.15) is 0 Å². The van der Waals surface area contributed by atoms with Crippen molar-refractivity contribution in [2.75, 3.05) is 33.9 Å². The summed E-state index contributed by atoms with van der Waals surface area (Å²) in [5, 5.41) is 7.22. The molecule has 0 aromatic carbocycles. The number of halogens is 1. The molecule has 148 valence electrons. The molecule has 2 rings (SSSR count). The van der Waals surface area contributed by atoms with Gasteiger partial charge in [-0.05, 0) is 50.9 Å². The largest absolute Gasteiger partial charge is 0.385 e. The molecule has 2 unspecified atom stereocenters. The molecule has 5 nitrogen and oxygen atoms in total. The molecule has 0 radical (unpaired) electrons. The second-order valence-electron chi connectivity index (χ2n) is 7.49. The highest BCUT2D eigenvalue weighted by Crippen LogP contribution is 2.49. The summed E-state index contributed by atoms with van der Waals surface area (Å²) in [6, 6.07) is 0.448. The van der Waals surface area contributed by atoms with Crippen molar-refractivity contribution in [3.8, 4) is 0 Å². The molecule has 0 amide bonds. The zero-order valence-corrected chi connectivity index (χ0v) is 19.0. The molecule has 2 aliphatic carbocycles. The van der Waals surface area contributed by atoms with E-state index >= 15 is 0 Å². The Bertz CT molecular complexity index is 423. The molecule has 0 aliphatic heterocycles. The third kappa shape index (κ3) is 5.22. The van der Waals surface area contributed by atoms with Gasteiger partial charge in [-0.1, -0.05) is 13.8 Å². The van der Waals surface area contributed by atoms with Crippen LogP contribution in [-0.4, -0.2) is 52.0 Å². The molecule has 0 saturated heterocycles. The Balaban J connectivity index is 0.00000312. The van der Waals surface area contributed by atoms with Gasteiger partial charge in [-0.25, -0.2) is 0 Å². The Morgan fingerprint density at radius 2 is 1.88 bits per heavy atom. The van der Waals surface area contributed by atoms with Crippen molar-refractivity contribution in [2.24, 2.45) is 15.8 Å². The van der Waals surface area contributed by atoms with Gasteiger partial charge in [-0.3, -0.25) is 4.99 Å². The lowest BCUT2D eigenvalue weighted by molar-refractivity contribution is -0.133. The summed E-state index contributed by atoms with van der Waals surface area (Å²) in [4.78, 5) is 4.45. The van der Waals surface area contributed by atoms with Gasteiger partial charge in [0.25, 0.3) is 0 Å². The maximum absolute atomic E-state index is 5.98. The molecule has 6 heteroatoms. The van der Waals surface area contributed by atoms with E-state index in [1.807, 2.05) is 7.05 Å². The lowest BCUT2D eigenvalue weighted by Gasteiger charge is -2.55. The van der Waals surface area contributed by atoms with E-state index in [0.717, 1.165) is 51.4 Å². The van der Waals surface area contributed by atoms with Crippen LogP contribution in [0, 0.1) is 10.8 Å². The van der Waals surface area contributed by atoms with Gasteiger partial charge in [0.1, 0.15) is 0 Å². The summed E-state index contributed by atoms with van der Waals surface area (Å²) in [5.74, 6) is 0.935. The van der Waals surface area contributed by atoms with E-state index in [2.05, 4.69) is 36.4 Å². The molecule has 2 saturated carbocycles. The first-order valence-corrected chi connectivity index (χ1v) is 9.67. The second kappa shape index (κ2) is 10.3. The minimum Gasteiger partial charge on any atom is -0.385 e. The van der Waals surface area contributed by atoms with Crippen molar-refractivity contribution in [1.82, 2.24) is 10.6 Å². The number of rotatable bonds is 10. The van der Waals surface area contributed by atoms with Gasteiger partial charge in [0, 0.05) is 45.4 Å². The van der Waals surface area contributed by atoms with Gasteiger partial charge >= 0.3 is 0 Å². The average Bonchev–Trinajstić information content (AvgIpc) is 3.36. The number of hydrogen-bond acceptors (Lipinski definition) is 3. The number of guanidine groups is 1. The molecule has 0 aromatic rings. The zero-order chi connectivity index (χ0) is 17.6. The number of nitrogens with zero attached hydrogens (tertiary/aromatic N) is 1. The molecule has 25 heavy (non-hydrogen) atoms. The Hall–Kier alpha value is -0.0800. The van der Waals surface area contributed by atoms with Crippen LogP contribution in [0.25, 0.3) is 0 Å². The van der Waals surface area contributed by atoms with Crippen molar-refractivity contribution in [3.63, 3.8) is 0 Å². The van der Waals surface area contributed by atoms with Crippen molar-refractivity contribution in [2.45, 2.75) is 71.4 Å². The van der Waals surface area contributed by atoms with Gasteiger partial charge in [0.15, 0.2) is 5.96 Å². The quantitative estimate of drug-likeness (QED) is 0.293. The summed E-state index contributed by atoms with van der Waals surface area (Å²) < 4.78 is 11.2. The molecule has 0 spiro atoms. The van der Waals surface area contributed by atoms with Crippen LogP contribution in [-0.2, 0) is 9.47 Å². The van der Waals surface area contributed by atoms with E-state index < -0.39 is 0 Å². The number of ether oxygens (including phenoxy) is 2. The van der Waals surface area contributed by atoms with E-state index in [1.54, 1.807) is 7.11 Å². The summed E-state index contributed by atoms with van der Waals surface area (Å²) >= 11 is 0. The fourth-order valence-corrected chi connectivity index (χ4v) is 4.22. The molecule has 2 N–H and O–H groups in total. The normalized spacial score (nSPS) is 26.4. The fraction of sp³-hybridized carbons (Fsp3) is 0.947. The molecule has 0 bridgehead atoms. The number of methoxy groups -OCH3 is 1. The summed E-state index contributed by atoms with van der Waals surface area (Å²) in [7, 11) is 3.65. The third-order valence-corrected chi connectivity index (χ3v) is 6.43. The van der Waals surface area contributed by atoms with Crippen LogP contribution < -0.4 is 10.6 Å². The first kappa shape index (κ1) is 23.0. The lowest BCUT2D eigenvalue weighted by atomic mass is 9.58. The zero-order valence-electron chi connectivity index (χ0n) is 16.7. The Kier molecular flexibility index (Phi) is 9.46. The van der Waals surface area contributed by atoms with Gasteiger partial charge in [-0.15, -0.1) is 24.0 Å². The average molecular weight is 467 g/mol. The molecule has 2 aliphatic rings. The van der Waals surface area contributed by atoms with Crippen molar-refractivity contribution < 1.29 is 9.47 Å². The van der Waals surface area contributed by atoms with Crippen molar-refractivity contribution in [1.29, 1.82) is 0 Å². The smallest absolute Gasteiger partial charge is 0.191 e. The predicted octanol–water partition coefficient (Wildman–Crippen LogP) is 3.57. The Morgan fingerprint density at radius 3 is 2.36 bits per heavy atom. The molecule has 0 heterocycles. The van der Waals surface area contributed by atoms with Gasteiger partial charge in [0.05, 0.1) is 6.10 Å². The number of nitrogens with one attached hydrogen (secondary N) is 2. The summed E-state index contributed by atoms with van der Waals surface area (Å²) in [6.45, 7) is 9.29. The highest BCUT2D eigenvalue weighted by molar-refractivity contribution is 14.0. The van der Waals surface area contributed by atoms with E-state index in [1.165, 1.54) is 12.8 Å². The van der Waals surface area contributed by atoms with Gasteiger partial charge in [0.2, 0.25) is 0 Å². The van der Waals surface area contributed by atoms with Crippen LogP contribution in [0.3, 0.4) is 0 Å². The SMILES string of the molecule is CCOC1CC(NC(=NC)NCC2(CCOC)CC2)C1(CC)CC.I. The molecule has 2 atom stereocenters. The fourth-order valence-electron chi connectivity index (χ4n) is 4.22. The third-order valence-electron chi connectivity index (χ3n) is 6.43. The van der Waals surface area contributed by atoms with Crippen LogP contribution in [0.2, 0.25) is 0 Å². The molecular weight excluding hydrogens is 429 g/mol. The van der Waals surface area contributed by atoms with E-state index in [-0.39, 0.29) is 29.4 Å². The van der Waals surface area contributed by atoms with Crippen molar-refractivity contribution >= 4 is 29.9 Å². The van der Waals surface area contributed by atoms with Crippen LogP contribution in [0.4, 0.5) is 0 Å². The number of hydrogen-bond donors (Lipinski definition) is 2. The maximum Gasteiger partial charge on any atom is 0.191 e. The standard InChI is InChI=1S/C19H37N3O2.HI/c1-6-19(7-2)15(13-16(19)24-8-3)22-17(20-4)21-14-18(9-10-18)11-12-23-5;/h15-16H,6-14H2,1-5H3,(H2,20,21,22);1H. The highest BCUT2D eigenvalue weighted by atomic mass is 127. The monoisotopic (exact) mass is 467 g/mol. The van der Waals surface area contributed by atoms with Gasteiger partial charge < -0.3 is 20.1 Å². The van der Waals surface area contributed by atoms with Crippen LogP contribution >= 0.6 is 24.0 Å². The van der Waals surface area contributed by atoms with Crippen LogP contribution in [0.5, 0.6) is 0 Å². The minimum atomic E-state index is 0.